The van der Waals surface area contributed by atoms with Crippen molar-refractivity contribution in [3.8, 4) is 23.1 Å². The van der Waals surface area contributed by atoms with Crippen LogP contribution >= 0.6 is 0 Å². The molecular formula is C23H22N4O4. The molecule has 3 amide bonds. The minimum absolute atomic E-state index is 0.00775. The number of carbonyl (C=O) groups is 3. The van der Waals surface area contributed by atoms with Crippen molar-refractivity contribution in [2.75, 3.05) is 25.0 Å². The van der Waals surface area contributed by atoms with Crippen LogP contribution in [0, 0.1) is 11.8 Å². The molecular weight excluding hydrogens is 396 g/mol. The molecule has 0 unspecified atom stereocenters. The molecule has 1 aromatic carbocycles. The predicted molar refractivity (Wildman–Crippen MR) is 114 cm³/mol. The first kappa shape index (κ1) is 20.6. The number of hydrogen-bond acceptors (Lipinski definition) is 5. The quantitative estimate of drug-likeness (QED) is 0.719. The monoisotopic (exact) mass is 418 g/mol. The molecule has 158 valence electrons. The molecule has 4 rings (SSSR count). The number of aromatic nitrogens is 1. The Balaban J connectivity index is 1.70. The number of benzene rings is 1. The van der Waals surface area contributed by atoms with E-state index in [1.165, 1.54) is 11.0 Å². The van der Waals surface area contributed by atoms with Crippen LogP contribution in [-0.2, 0) is 9.59 Å². The van der Waals surface area contributed by atoms with Crippen LogP contribution < -0.4 is 10.6 Å². The Kier molecular flexibility index (Phi) is 5.21. The van der Waals surface area contributed by atoms with Crippen LogP contribution in [0.5, 0.6) is 0 Å². The lowest BCUT2D eigenvalue weighted by molar-refractivity contribution is -0.137. The van der Waals surface area contributed by atoms with Crippen molar-refractivity contribution in [3.63, 3.8) is 0 Å². The van der Waals surface area contributed by atoms with E-state index in [9.17, 15) is 19.5 Å². The molecule has 2 aromatic rings. The van der Waals surface area contributed by atoms with E-state index in [1.807, 2.05) is 0 Å². The molecule has 0 radical (unpaired) electrons. The van der Waals surface area contributed by atoms with E-state index in [4.69, 9.17) is 5.73 Å². The fraction of sp³-hybridized carbons (Fsp3) is 0.304. The van der Waals surface area contributed by atoms with Gasteiger partial charge in [-0.05, 0) is 30.7 Å². The number of amides is 3. The van der Waals surface area contributed by atoms with Gasteiger partial charge in [-0.2, -0.15) is 0 Å². The molecule has 8 nitrogen and oxygen atoms in total. The van der Waals surface area contributed by atoms with Crippen molar-refractivity contribution in [2.24, 2.45) is 5.73 Å². The van der Waals surface area contributed by atoms with Crippen LogP contribution in [-0.4, -0.2) is 58.5 Å². The van der Waals surface area contributed by atoms with Gasteiger partial charge in [0.05, 0.1) is 5.69 Å². The van der Waals surface area contributed by atoms with Gasteiger partial charge in [-0.25, -0.2) is 4.98 Å². The summed E-state index contributed by atoms with van der Waals surface area (Å²) in [6, 6.07) is 10.3. The number of hydrogen-bond donors (Lipinski definition) is 2. The van der Waals surface area contributed by atoms with Gasteiger partial charge in [0, 0.05) is 49.8 Å². The van der Waals surface area contributed by atoms with Crippen molar-refractivity contribution in [1.29, 1.82) is 0 Å². The average Bonchev–Trinajstić information content (AvgIpc) is 3.31. The molecule has 1 atom stereocenters. The summed E-state index contributed by atoms with van der Waals surface area (Å²) < 4.78 is 0. The van der Waals surface area contributed by atoms with E-state index < -0.39 is 17.4 Å². The fourth-order valence-corrected chi connectivity index (χ4v) is 3.77. The summed E-state index contributed by atoms with van der Waals surface area (Å²) >= 11 is 0. The third kappa shape index (κ3) is 4.00. The highest BCUT2D eigenvalue weighted by atomic mass is 16.3. The van der Waals surface area contributed by atoms with E-state index in [1.54, 1.807) is 42.3 Å². The lowest BCUT2D eigenvalue weighted by atomic mass is 10.0. The topological polar surface area (TPSA) is 117 Å². The molecule has 3 heterocycles. The van der Waals surface area contributed by atoms with Gasteiger partial charge < -0.3 is 20.6 Å². The highest BCUT2D eigenvalue weighted by Crippen LogP contribution is 2.28. The zero-order valence-electron chi connectivity index (χ0n) is 17.1. The number of carbonyl (C=O) groups excluding carboxylic acids is 3. The zero-order chi connectivity index (χ0) is 22.2. The van der Waals surface area contributed by atoms with E-state index >= 15 is 0 Å². The number of anilines is 1. The highest BCUT2D eigenvalue weighted by molar-refractivity contribution is 5.98. The number of nitrogens with zero attached hydrogens (tertiary/aromatic N) is 3. The van der Waals surface area contributed by atoms with Gasteiger partial charge in [-0.15, -0.1) is 0 Å². The summed E-state index contributed by atoms with van der Waals surface area (Å²) in [6.07, 6.45) is 1.47. The van der Waals surface area contributed by atoms with Crippen molar-refractivity contribution < 1.29 is 19.5 Å². The lowest BCUT2D eigenvalue weighted by Gasteiger charge is -2.17. The third-order valence-corrected chi connectivity index (χ3v) is 5.53. The Morgan fingerprint density at radius 1 is 1.23 bits per heavy atom. The van der Waals surface area contributed by atoms with E-state index in [0.717, 1.165) is 6.42 Å². The van der Waals surface area contributed by atoms with Crippen molar-refractivity contribution in [1.82, 2.24) is 9.88 Å². The molecule has 2 saturated heterocycles. The number of primary amides is 1. The number of likely N-dealkylation sites (tertiary alicyclic amines) is 1. The molecule has 2 aliphatic rings. The molecule has 2 aliphatic heterocycles. The number of rotatable bonds is 3. The number of pyridine rings is 1. The van der Waals surface area contributed by atoms with Gasteiger partial charge in [0.25, 0.3) is 11.8 Å². The maximum Gasteiger partial charge on any atom is 0.267 e. The average molecular weight is 418 g/mol. The van der Waals surface area contributed by atoms with Gasteiger partial charge in [0.1, 0.15) is 5.69 Å². The Morgan fingerprint density at radius 2 is 2.03 bits per heavy atom. The second-order valence-electron chi connectivity index (χ2n) is 7.78. The first-order valence-corrected chi connectivity index (χ1v) is 10.0. The predicted octanol–water partition coefficient (Wildman–Crippen LogP) is 0.919. The summed E-state index contributed by atoms with van der Waals surface area (Å²) in [7, 11) is 1.63. The Bertz CT molecular complexity index is 1150. The molecule has 0 bridgehead atoms. The minimum Gasteiger partial charge on any atom is -0.369 e. The van der Waals surface area contributed by atoms with E-state index in [-0.39, 0.29) is 18.0 Å². The third-order valence-electron chi connectivity index (χ3n) is 5.53. The summed E-state index contributed by atoms with van der Waals surface area (Å²) in [6.45, 7) is 1.03. The Labute approximate surface area is 179 Å². The van der Waals surface area contributed by atoms with Gasteiger partial charge in [-0.3, -0.25) is 14.4 Å². The number of aliphatic hydroxyl groups is 1. The second kappa shape index (κ2) is 7.85. The second-order valence-corrected chi connectivity index (χ2v) is 7.78. The lowest BCUT2D eigenvalue weighted by Crippen LogP contribution is -2.37. The normalized spacial score (nSPS) is 20.7. The van der Waals surface area contributed by atoms with Gasteiger partial charge >= 0.3 is 0 Å². The summed E-state index contributed by atoms with van der Waals surface area (Å²) in [5, 5.41) is 10.5. The molecule has 3 N–H and O–H groups in total. The van der Waals surface area contributed by atoms with Gasteiger partial charge in [-0.1, -0.05) is 24.0 Å². The minimum atomic E-state index is -1.68. The van der Waals surface area contributed by atoms with Crippen LogP contribution in [0.3, 0.4) is 0 Å². The molecule has 0 saturated carbocycles. The van der Waals surface area contributed by atoms with E-state index in [2.05, 4.69) is 16.8 Å². The van der Waals surface area contributed by atoms with E-state index in [0.29, 0.717) is 42.0 Å². The molecule has 2 fully saturated rings. The van der Waals surface area contributed by atoms with Gasteiger partial charge in [0.2, 0.25) is 11.5 Å². The fourth-order valence-electron chi connectivity index (χ4n) is 3.77. The largest absolute Gasteiger partial charge is 0.369 e. The Hall–Kier alpha value is -3.70. The zero-order valence-corrected chi connectivity index (χ0v) is 17.1. The summed E-state index contributed by atoms with van der Waals surface area (Å²) in [4.78, 5) is 43.5. The van der Waals surface area contributed by atoms with Crippen LogP contribution in [0.4, 0.5) is 5.69 Å². The standard InChI is InChI=1S/C23H22N4O4/c1-26-11-9-23(31,22(26)30)8-7-15-4-2-5-16(12-15)18-13-17(14-19(25-18)21(24)29)27-10-3-6-20(27)28/h2,4-5,12-14,31H,3,6,9-11H2,1H3,(H2,24,29)/t23-/m0/s1. The molecule has 31 heavy (non-hydrogen) atoms. The first-order valence-electron chi connectivity index (χ1n) is 10.0. The number of likely N-dealkylation sites (N-methyl/N-ethyl adjacent to an activating group) is 1. The van der Waals surface area contributed by atoms with Crippen molar-refractivity contribution >= 4 is 23.4 Å². The van der Waals surface area contributed by atoms with Crippen molar-refractivity contribution in [2.45, 2.75) is 24.9 Å². The highest BCUT2D eigenvalue weighted by Gasteiger charge is 2.42. The van der Waals surface area contributed by atoms with Crippen molar-refractivity contribution in [3.05, 3.63) is 47.7 Å². The summed E-state index contributed by atoms with van der Waals surface area (Å²) in [5.74, 6) is 4.46. The first-order chi connectivity index (χ1) is 14.8. The molecule has 0 aliphatic carbocycles. The molecule has 1 aromatic heterocycles. The van der Waals surface area contributed by atoms with Crippen LogP contribution in [0.25, 0.3) is 11.3 Å². The molecule has 8 heteroatoms. The van der Waals surface area contributed by atoms with Gasteiger partial charge in [0.15, 0.2) is 0 Å². The van der Waals surface area contributed by atoms with Crippen LogP contribution in [0.2, 0.25) is 0 Å². The molecule has 0 spiro atoms. The smallest absolute Gasteiger partial charge is 0.267 e. The van der Waals surface area contributed by atoms with Crippen LogP contribution in [0.15, 0.2) is 36.4 Å². The SMILES string of the molecule is CN1CC[C@@](O)(C#Cc2cccc(-c3cc(N4CCCC4=O)cc(C(N)=O)n3)c2)C1=O. The summed E-state index contributed by atoms with van der Waals surface area (Å²) in [5.41, 5.74) is 6.15. The maximum absolute atomic E-state index is 12.2. The number of nitrogens with two attached hydrogens (primary N) is 1. The Morgan fingerprint density at radius 3 is 2.68 bits per heavy atom. The van der Waals surface area contributed by atoms with Crippen LogP contribution in [0.1, 0.15) is 35.3 Å². The maximum atomic E-state index is 12.2.